The van der Waals surface area contributed by atoms with Crippen LogP contribution in [-0.2, 0) is 16.1 Å². The van der Waals surface area contributed by atoms with Gasteiger partial charge in [0.1, 0.15) is 5.56 Å². The number of halogens is 4. The number of benzene rings is 2. The van der Waals surface area contributed by atoms with Crippen LogP contribution in [0.1, 0.15) is 54.0 Å². The van der Waals surface area contributed by atoms with Crippen molar-refractivity contribution in [2.45, 2.75) is 34.3 Å². The first-order valence-electron chi connectivity index (χ1n) is 10.6. The zero-order valence-electron chi connectivity index (χ0n) is 19.9. The summed E-state index contributed by atoms with van der Waals surface area (Å²) in [4.78, 5) is 34.6. The van der Waals surface area contributed by atoms with Crippen LogP contribution in [0.25, 0.3) is 0 Å². The number of ketones is 2. The quantitative estimate of drug-likeness (QED) is 0.174. The molecule has 2 unspecified atom stereocenters. The fourth-order valence-electron chi connectivity index (χ4n) is 3.80. The summed E-state index contributed by atoms with van der Waals surface area (Å²) >= 11 is 0. The van der Waals surface area contributed by atoms with Gasteiger partial charge in [-0.1, -0.05) is 55.8 Å². The molecule has 3 rings (SSSR count). The molecule has 2 atom stereocenters. The Hall–Kier alpha value is -3.33. The maximum atomic E-state index is 13.9. The van der Waals surface area contributed by atoms with Crippen LogP contribution in [-0.4, -0.2) is 29.8 Å². The summed E-state index contributed by atoms with van der Waals surface area (Å²) in [6, 6.07) is 6.89. The van der Waals surface area contributed by atoms with E-state index in [1.54, 1.807) is 6.07 Å². The zero-order valence-corrected chi connectivity index (χ0v) is 19.9. The number of carbonyl (C=O) groups is 3. The van der Waals surface area contributed by atoms with Crippen molar-refractivity contribution >= 4 is 17.5 Å². The third-order valence-corrected chi connectivity index (χ3v) is 5.80. The number of carboxylic acid groups (broad SMARTS) is 1. The molecular formula is C26H26F4O5. The van der Waals surface area contributed by atoms with Crippen LogP contribution in [0, 0.1) is 40.5 Å². The Labute approximate surface area is 200 Å². The second kappa shape index (κ2) is 10.9. The number of hydrogen-bond donors (Lipinski definition) is 1. The average Bonchev–Trinajstić information content (AvgIpc) is 3.34. The lowest BCUT2D eigenvalue weighted by molar-refractivity contribution is -0.139. The van der Waals surface area contributed by atoms with Gasteiger partial charge in [-0.15, -0.1) is 0 Å². The molecule has 0 radical (unpaired) electrons. The summed E-state index contributed by atoms with van der Waals surface area (Å²) in [5.74, 6) is -10.9. The van der Waals surface area contributed by atoms with Crippen molar-refractivity contribution < 1.29 is 41.8 Å². The fourth-order valence-corrected chi connectivity index (χ4v) is 3.80. The van der Waals surface area contributed by atoms with Crippen LogP contribution in [0.3, 0.4) is 0 Å². The highest BCUT2D eigenvalue weighted by Gasteiger charge is 2.60. The summed E-state index contributed by atoms with van der Waals surface area (Å²) in [6.07, 6.45) is 2.07. The Balaban J connectivity index is 0.000000303. The highest BCUT2D eigenvalue weighted by molar-refractivity contribution is 6.49. The van der Waals surface area contributed by atoms with Gasteiger partial charge in [-0.2, -0.15) is 0 Å². The Bertz CT molecular complexity index is 1140. The molecule has 0 saturated heterocycles. The molecule has 0 spiro atoms. The topological polar surface area (TPSA) is 80.7 Å². The van der Waals surface area contributed by atoms with Gasteiger partial charge in [0.2, 0.25) is 11.6 Å². The maximum Gasteiger partial charge on any atom is 0.307 e. The second-order valence-corrected chi connectivity index (χ2v) is 8.97. The van der Waals surface area contributed by atoms with E-state index in [0.29, 0.717) is 0 Å². The largest absolute Gasteiger partial charge is 0.481 e. The molecule has 9 heteroatoms. The van der Waals surface area contributed by atoms with Gasteiger partial charge in [0.25, 0.3) is 0 Å². The molecule has 35 heavy (non-hydrogen) atoms. The molecular weight excluding hydrogens is 468 g/mol. The minimum atomic E-state index is -1.93. The highest BCUT2D eigenvalue weighted by atomic mass is 19.2. The Morgan fingerprint density at radius 3 is 1.86 bits per heavy atom. The number of aliphatic carboxylic acids is 1. The SMILES string of the molecule is CC(C)=CC1C(C(=O)O)C1(C)C.COCc1c(F)c(F)c(C(=O)C(=O)c2ccccc2)c(F)c1F. The first kappa shape index (κ1) is 27.9. The van der Waals surface area contributed by atoms with E-state index in [1.165, 1.54) is 29.8 Å². The first-order chi connectivity index (χ1) is 16.3. The van der Waals surface area contributed by atoms with Gasteiger partial charge < -0.3 is 9.84 Å². The number of methoxy groups -OCH3 is 1. The molecule has 1 saturated carbocycles. The Morgan fingerprint density at radius 1 is 0.943 bits per heavy atom. The van der Waals surface area contributed by atoms with Crippen molar-refractivity contribution in [2.75, 3.05) is 7.11 Å². The molecule has 0 bridgehead atoms. The van der Waals surface area contributed by atoms with Gasteiger partial charge in [-0.25, -0.2) is 17.6 Å². The summed E-state index contributed by atoms with van der Waals surface area (Å²) in [5, 5.41) is 8.84. The van der Waals surface area contributed by atoms with E-state index in [0.717, 1.165) is 7.11 Å². The minimum absolute atomic E-state index is 0.0386. The molecule has 1 N–H and O–H groups in total. The molecule has 0 heterocycles. The lowest BCUT2D eigenvalue weighted by Gasteiger charge is -2.10. The van der Waals surface area contributed by atoms with Crippen molar-refractivity contribution in [3.63, 3.8) is 0 Å². The van der Waals surface area contributed by atoms with Gasteiger partial charge in [-0.05, 0) is 25.2 Å². The molecule has 5 nitrogen and oxygen atoms in total. The van der Waals surface area contributed by atoms with Crippen LogP contribution in [0.5, 0.6) is 0 Å². The van der Waals surface area contributed by atoms with E-state index in [2.05, 4.69) is 10.8 Å². The second-order valence-electron chi connectivity index (χ2n) is 8.97. The van der Waals surface area contributed by atoms with Crippen LogP contribution >= 0.6 is 0 Å². The van der Waals surface area contributed by atoms with Crippen molar-refractivity contribution in [3.05, 3.63) is 81.9 Å². The van der Waals surface area contributed by atoms with Gasteiger partial charge in [0.05, 0.1) is 18.1 Å². The molecule has 1 aliphatic rings. The number of carboxylic acids is 1. The third-order valence-electron chi connectivity index (χ3n) is 5.80. The standard InChI is InChI=1S/C16H10F4O3.C10H16O2/c1-23-7-9-11(17)13(19)10(14(20)12(9)18)16(22)15(21)8-5-3-2-4-6-8;1-6(2)5-7-8(9(11)12)10(7,3)4/h2-6H,7H2,1H3;5,7-8H,1-4H3,(H,11,12). The van der Waals surface area contributed by atoms with Crippen LogP contribution < -0.4 is 0 Å². The normalized spacial score (nSPS) is 17.6. The molecule has 0 amide bonds. The summed E-state index contributed by atoms with van der Waals surface area (Å²) in [6.45, 7) is 7.30. The zero-order chi connectivity index (χ0) is 26.7. The molecule has 1 fully saturated rings. The molecule has 0 aromatic heterocycles. The van der Waals surface area contributed by atoms with Gasteiger partial charge in [0, 0.05) is 12.7 Å². The van der Waals surface area contributed by atoms with Crippen molar-refractivity contribution in [3.8, 4) is 0 Å². The Kier molecular flexibility index (Phi) is 8.73. The lowest BCUT2D eigenvalue weighted by atomic mass is 9.98. The monoisotopic (exact) mass is 494 g/mol. The molecule has 0 aliphatic heterocycles. The molecule has 2 aromatic carbocycles. The Morgan fingerprint density at radius 2 is 1.46 bits per heavy atom. The van der Waals surface area contributed by atoms with Gasteiger partial charge in [-0.3, -0.25) is 14.4 Å². The van der Waals surface area contributed by atoms with Gasteiger partial charge in [0.15, 0.2) is 23.3 Å². The number of ether oxygens (including phenoxy) is 1. The highest BCUT2D eigenvalue weighted by Crippen LogP contribution is 2.59. The number of carbonyl (C=O) groups excluding carboxylic acids is 2. The van der Waals surface area contributed by atoms with E-state index in [-0.39, 0.29) is 22.8 Å². The molecule has 188 valence electrons. The van der Waals surface area contributed by atoms with Crippen LogP contribution in [0.15, 0.2) is 42.0 Å². The molecule has 2 aromatic rings. The smallest absolute Gasteiger partial charge is 0.307 e. The summed E-state index contributed by atoms with van der Waals surface area (Å²) in [5.41, 5.74) is -1.54. The summed E-state index contributed by atoms with van der Waals surface area (Å²) in [7, 11) is 1.08. The average molecular weight is 494 g/mol. The maximum absolute atomic E-state index is 13.9. The van der Waals surface area contributed by atoms with E-state index >= 15 is 0 Å². The van der Waals surface area contributed by atoms with Crippen LogP contribution in [0.2, 0.25) is 0 Å². The fraction of sp³-hybridized carbons (Fsp3) is 0.346. The van der Waals surface area contributed by atoms with Gasteiger partial charge >= 0.3 is 5.97 Å². The van der Waals surface area contributed by atoms with Crippen molar-refractivity contribution in [2.24, 2.45) is 17.3 Å². The predicted octanol–water partition coefficient (Wildman–Crippen LogP) is 5.76. The van der Waals surface area contributed by atoms with E-state index < -0.39 is 58.5 Å². The number of allylic oxidation sites excluding steroid dienone is 2. The molecule has 1 aliphatic carbocycles. The van der Waals surface area contributed by atoms with Crippen LogP contribution in [0.4, 0.5) is 17.6 Å². The van der Waals surface area contributed by atoms with E-state index in [4.69, 9.17) is 5.11 Å². The third kappa shape index (κ3) is 5.85. The minimum Gasteiger partial charge on any atom is -0.481 e. The first-order valence-corrected chi connectivity index (χ1v) is 10.6. The van der Waals surface area contributed by atoms with Crippen molar-refractivity contribution in [1.82, 2.24) is 0 Å². The van der Waals surface area contributed by atoms with E-state index in [9.17, 15) is 31.9 Å². The van der Waals surface area contributed by atoms with E-state index in [1.807, 2.05) is 27.7 Å². The number of hydrogen-bond acceptors (Lipinski definition) is 4. The lowest BCUT2D eigenvalue weighted by Crippen LogP contribution is -2.21. The number of Topliss-reactive ketones (excluding diaryl/α,β-unsaturated/α-hetero) is 2. The predicted molar refractivity (Wildman–Crippen MR) is 120 cm³/mol. The number of rotatable bonds is 7. The summed E-state index contributed by atoms with van der Waals surface area (Å²) < 4.78 is 59.9. The van der Waals surface area contributed by atoms with Crippen molar-refractivity contribution in [1.29, 1.82) is 0 Å².